The summed E-state index contributed by atoms with van der Waals surface area (Å²) in [5.74, 6) is 0. The van der Waals surface area contributed by atoms with Crippen molar-refractivity contribution in [2.75, 3.05) is 26.7 Å². The van der Waals surface area contributed by atoms with Crippen molar-refractivity contribution in [3.8, 4) is 0 Å². The summed E-state index contributed by atoms with van der Waals surface area (Å²) in [7, 11) is 2.14. The Kier molecular flexibility index (Phi) is 1.72. The van der Waals surface area contributed by atoms with Crippen molar-refractivity contribution in [2.45, 2.75) is 24.8 Å². The Hall–Kier alpha value is -0.120. The highest BCUT2D eigenvalue weighted by Crippen LogP contribution is 2.58. The summed E-state index contributed by atoms with van der Waals surface area (Å²) < 4.78 is 0. The van der Waals surface area contributed by atoms with Gasteiger partial charge in [-0.15, -0.1) is 0 Å². The van der Waals surface area contributed by atoms with Crippen molar-refractivity contribution in [2.24, 2.45) is 11.1 Å². The first-order valence-electron chi connectivity index (χ1n) is 4.70. The lowest BCUT2D eigenvalue weighted by Crippen LogP contribution is -2.43. The van der Waals surface area contributed by atoms with E-state index in [1.807, 2.05) is 0 Å². The minimum Gasteiger partial charge on any atom is -0.394 e. The van der Waals surface area contributed by atoms with Gasteiger partial charge < -0.3 is 15.7 Å². The lowest BCUT2D eigenvalue weighted by Gasteiger charge is -2.32. The fraction of sp³-hybridized carbons (Fsp3) is 1.00. The number of nitrogens with zero attached hydrogens (tertiary/aromatic N) is 1. The van der Waals surface area contributed by atoms with Gasteiger partial charge >= 0.3 is 0 Å². The molecular weight excluding hydrogens is 152 g/mol. The third kappa shape index (κ3) is 1.00. The summed E-state index contributed by atoms with van der Waals surface area (Å²) >= 11 is 0. The third-order valence-corrected chi connectivity index (χ3v) is 3.63. The predicted octanol–water partition coefficient (Wildman–Crippen LogP) is -0.208. The van der Waals surface area contributed by atoms with Crippen LogP contribution in [0.5, 0.6) is 0 Å². The van der Waals surface area contributed by atoms with Gasteiger partial charge in [0.15, 0.2) is 0 Å². The van der Waals surface area contributed by atoms with Gasteiger partial charge in [-0.2, -0.15) is 0 Å². The van der Waals surface area contributed by atoms with Gasteiger partial charge in [0, 0.05) is 17.5 Å². The molecule has 2 fully saturated rings. The van der Waals surface area contributed by atoms with Gasteiger partial charge in [0.25, 0.3) is 0 Å². The van der Waals surface area contributed by atoms with Crippen LogP contribution in [0.25, 0.3) is 0 Å². The largest absolute Gasteiger partial charge is 0.394 e. The number of likely N-dealkylation sites (tertiary alicyclic amines) is 1. The summed E-state index contributed by atoms with van der Waals surface area (Å²) in [5, 5.41) is 9.13. The fourth-order valence-corrected chi connectivity index (χ4v) is 2.70. The molecule has 0 aromatic heterocycles. The second-order valence-electron chi connectivity index (χ2n) is 4.61. The molecule has 3 nitrogen and oxygen atoms in total. The van der Waals surface area contributed by atoms with Crippen molar-refractivity contribution in [1.82, 2.24) is 4.90 Å². The highest BCUT2D eigenvalue weighted by atomic mass is 16.3. The minimum atomic E-state index is -0.248. The van der Waals surface area contributed by atoms with Crippen molar-refractivity contribution < 1.29 is 5.11 Å². The molecular formula is C9H18N2O. The van der Waals surface area contributed by atoms with Gasteiger partial charge in [0.2, 0.25) is 0 Å². The number of nitrogens with two attached hydrogens (primary N) is 1. The van der Waals surface area contributed by atoms with Crippen molar-refractivity contribution in [3.63, 3.8) is 0 Å². The molecule has 70 valence electrons. The molecule has 2 unspecified atom stereocenters. The topological polar surface area (TPSA) is 49.5 Å². The van der Waals surface area contributed by atoms with Gasteiger partial charge in [0.05, 0.1) is 6.61 Å². The van der Waals surface area contributed by atoms with E-state index >= 15 is 0 Å². The van der Waals surface area contributed by atoms with Gasteiger partial charge in [-0.25, -0.2) is 0 Å². The average molecular weight is 170 g/mol. The van der Waals surface area contributed by atoms with Crippen LogP contribution >= 0.6 is 0 Å². The first-order valence-corrected chi connectivity index (χ1v) is 4.70. The normalized spacial score (nSPS) is 48.2. The predicted molar refractivity (Wildman–Crippen MR) is 47.8 cm³/mol. The van der Waals surface area contributed by atoms with E-state index in [9.17, 15) is 0 Å². The maximum atomic E-state index is 9.13. The molecule has 0 amide bonds. The summed E-state index contributed by atoms with van der Waals surface area (Å²) in [4.78, 5) is 2.33. The minimum absolute atomic E-state index is 0.154. The molecule has 1 aliphatic carbocycles. The first kappa shape index (κ1) is 8.48. The van der Waals surface area contributed by atoms with E-state index in [2.05, 4.69) is 11.9 Å². The SMILES string of the molecule is CN1CCCC2(C1)CC2(N)CO. The van der Waals surface area contributed by atoms with Crippen molar-refractivity contribution in [1.29, 1.82) is 0 Å². The van der Waals surface area contributed by atoms with E-state index < -0.39 is 0 Å². The van der Waals surface area contributed by atoms with Crippen LogP contribution in [0.1, 0.15) is 19.3 Å². The second-order valence-corrected chi connectivity index (χ2v) is 4.61. The molecule has 12 heavy (non-hydrogen) atoms. The Morgan fingerprint density at radius 3 is 2.83 bits per heavy atom. The van der Waals surface area contributed by atoms with E-state index in [-0.39, 0.29) is 17.6 Å². The van der Waals surface area contributed by atoms with E-state index in [1.165, 1.54) is 19.4 Å². The smallest absolute Gasteiger partial charge is 0.0617 e. The van der Waals surface area contributed by atoms with Crippen LogP contribution in [0.2, 0.25) is 0 Å². The molecule has 2 rings (SSSR count). The van der Waals surface area contributed by atoms with Crippen LogP contribution in [0.3, 0.4) is 0 Å². The number of aliphatic hydroxyl groups excluding tert-OH is 1. The van der Waals surface area contributed by atoms with Crippen molar-refractivity contribution in [3.05, 3.63) is 0 Å². The van der Waals surface area contributed by atoms with Gasteiger partial charge in [0.1, 0.15) is 0 Å². The monoisotopic (exact) mass is 170 g/mol. The number of piperidine rings is 1. The van der Waals surface area contributed by atoms with Crippen LogP contribution in [0.4, 0.5) is 0 Å². The molecule has 1 saturated heterocycles. The molecule has 1 saturated carbocycles. The van der Waals surface area contributed by atoms with Gasteiger partial charge in [-0.1, -0.05) is 0 Å². The molecule has 2 aliphatic rings. The molecule has 0 radical (unpaired) electrons. The molecule has 3 N–H and O–H groups in total. The van der Waals surface area contributed by atoms with Gasteiger partial charge in [-0.3, -0.25) is 0 Å². The van der Waals surface area contributed by atoms with Gasteiger partial charge in [-0.05, 0) is 32.9 Å². The zero-order valence-corrected chi connectivity index (χ0v) is 7.71. The van der Waals surface area contributed by atoms with Crippen LogP contribution in [0, 0.1) is 5.41 Å². The standard InChI is InChI=1S/C9H18N2O/c1-11-4-2-3-8(6-11)5-9(8,10)7-12/h12H,2-7,10H2,1H3. The number of aliphatic hydroxyl groups is 1. The first-order chi connectivity index (χ1) is 5.62. The Balaban J connectivity index is 2.05. The van der Waals surface area contributed by atoms with Crippen LogP contribution in [-0.4, -0.2) is 42.3 Å². The Morgan fingerprint density at radius 1 is 1.58 bits per heavy atom. The lowest BCUT2D eigenvalue weighted by atomic mass is 9.90. The fourth-order valence-electron chi connectivity index (χ4n) is 2.70. The summed E-state index contributed by atoms with van der Waals surface area (Å²) in [6.07, 6.45) is 3.45. The van der Waals surface area contributed by atoms with E-state index in [0.717, 1.165) is 13.0 Å². The molecule has 1 heterocycles. The zero-order chi connectivity index (χ0) is 8.82. The number of hydrogen-bond acceptors (Lipinski definition) is 3. The summed E-state index contributed by atoms with van der Waals surface area (Å²) in [6.45, 7) is 2.41. The molecule has 2 atom stereocenters. The van der Waals surface area contributed by atoms with E-state index in [0.29, 0.717) is 0 Å². The molecule has 0 bridgehead atoms. The maximum Gasteiger partial charge on any atom is 0.0617 e. The molecule has 0 aromatic carbocycles. The Morgan fingerprint density at radius 2 is 2.33 bits per heavy atom. The van der Waals surface area contributed by atoms with Crippen molar-refractivity contribution >= 4 is 0 Å². The highest BCUT2D eigenvalue weighted by molar-refractivity contribution is 5.21. The third-order valence-electron chi connectivity index (χ3n) is 3.63. The summed E-state index contributed by atoms with van der Waals surface area (Å²) in [5.41, 5.74) is 6.05. The second kappa shape index (κ2) is 2.44. The van der Waals surface area contributed by atoms with Crippen LogP contribution in [0.15, 0.2) is 0 Å². The average Bonchev–Trinajstić information content (AvgIpc) is 2.56. The maximum absolute atomic E-state index is 9.13. The lowest BCUT2D eigenvalue weighted by molar-refractivity contribution is 0.146. The quantitative estimate of drug-likeness (QED) is 0.572. The Labute approximate surface area is 73.5 Å². The molecule has 1 aliphatic heterocycles. The highest BCUT2D eigenvalue weighted by Gasteiger charge is 2.64. The number of hydrogen-bond donors (Lipinski definition) is 2. The van der Waals surface area contributed by atoms with Crippen LogP contribution in [-0.2, 0) is 0 Å². The molecule has 1 spiro atoms. The van der Waals surface area contributed by atoms with Crippen LogP contribution < -0.4 is 5.73 Å². The Bertz CT molecular complexity index is 193. The number of rotatable bonds is 1. The molecule has 3 heteroatoms. The zero-order valence-electron chi connectivity index (χ0n) is 7.71. The van der Waals surface area contributed by atoms with E-state index in [1.54, 1.807) is 0 Å². The summed E-state index contributed by atoms with van der Waals surface area (Å²) in [6, 6.07) is 0. The van der Waals surface area contributed by atoms with E-state index in [4.69, 9.17) is 10.8 Å². The molecule has 0 aromatic rings.